The summed E-state index contributed by atoms with van der Waals surface area (Å²) in [5.74, 6) is 0.213. The number of anilines is 1. The van der Waals surface area contributed by atoms with E-state index in [2.05, 4.69) is 17.5 Å². The maximum absolute atomic E-state index is 9.61. The van der Waals surface area contributed by atoms with E-state index in [1.165, 1.54) is 5.49 Å². The molecule has 14 heavy (non-hydrogen) atoms. The molecule has 0 amide bonds. The molecule has 0 aromatic heterocycles. The molecule has 2 aromatic rings. The van der Waals surface area contributed by atoms with E-state index in [-0.39, 0.29) is 5.75 Å². The minimum Gasteiger partial charge on any atom is -0.506 e. The first kappa shape index (κ1) is 8.97. The Morgan fingerprint density at radius 2 is 1.79 bits per heavy atom. The quantitative estimate of drug-likeness (QED) is 0.581. The van der Waals surface area contributed by atoms with E-state index in [1.54, 1.807) is 6.07 Å². The Labute approximate surface area is 87.2 Å². The van der Waals surface area contributed by atoms with Crippen LogP contribution in [0.2, 0.25) is 0 Å². The first-order valence-electron chi connectivity index (χ1n) is 4.23. The Morgan fingerprint density at radius 3 is 2.43 bits per heavy atom. The maximum atomic E-state index is 9.61. The Kier molecular flexibility index (Phi) is 2.33. The maximum Gasteiger partial charge on any atom is 0.139 e. The lowest BCUT2D eigenvalue weighted by molar-refractivity contribution is 0.479. The molecule has 2 aromatic carbocycles. The second-order valence-electron chi connectivity index (χ2n) is 2.98. The topological polar surface area (TPSA) is 32.3 Å². The van der Waals surface area contributed by atoms with E-state index in [0.29, 0.717) is 5.69 Å². The number of hydrogen-bond acceptors (Lipinski definition) is 2. The largest absolute Gasteiger partial charge is 0.506 e. The molecule has 0 bridgehead atoms. The summed E-state index contributed by atoms with van der Waals surface area (Å²) in [5.41, 5.74) is 2.02. The van der Waals surface area contributed by atoms with Crippen LogP contribution in [0.1, 0.15) is 0 Å². The van der Waals surface area contributed by atoms with Crippen LogP contribution in [0.15, 0.2) is 36.4 Å². The van der Waals surface area contributed by atoms with Gasteiger partial charge in [0.05, 0.1) is 11.2 Å². The molecule has 0 saturated heterocycles. The molecule has 0 atom stereocenters. The molecule has 2 N–H and O–H groups in total. The Hall–Kier alpha value is -1.61. The number of rotatable bonds is 2. The molecule has 2 nitrogen and oxygen atoms in total. The van der Waals surface area contributed by atoms with E-state index >= 15 is 0 Å². The molecular formula is C11H9NOS. The molecule has 2 rings (SSSR count). The van der Waals surface area contributed by atoms with Crippen LogP contribution in [0.3, 0.4) is 0 Å². The van der Waals surface area contributed by atoms with Gasteiger partial charge in [0.15, 0.2) is 0 Å². The summed E-state index contributed by atoms with van der Waals surface area (Å²) in [7, 11) is 0. The number of thiocarbonyl (C=S) groups is 1. The fourth-order valence-electron chi connectivity index (χ4n) is 1.41. The van der Waals surface area contributed by atoms with Gasteiger partial charge in [-0.25, -0.2) is 0 Å². The van der Waals surface area contributed by atoms with Crippen LogP contribution < -0.4 is 5.32 Å². The predicted octanol–water partition coefficient (Wildman–Crippen LogP) is 2.91. The fraction of sp³-hybridized carbons (Fsp3) is 0. The molecule has 0 spiro atoms. The Morgan fingerprint density at radius 1 is 1.14 bits per heavy atom. The molecule has 0 aliphatic heterocycles. The van der Waals surface area contributed by atoms with E-state index in [4.69, 9.17) is 0 Å². The molecule has 0 fully saturated rings. The lowest BCUT2D eigenvalue weighted by Crippen LogP contribution is -1.92. The van der Waals surface area contributed by atoms with E-state index < -0.39 is 0 Å². The Bertz CT molecular complexity index is 482. The summed E-state index contributed by atoms with van der Waals surface area (Å²) in [6.07, 6.45) is 0. The van der Waals surface area contributed by atoms with E-state index in [0.717, 1.165) is 10.8 Å². The van der Waals surface area contributed by atoms with Crippen LogP contribution in [0, 0.1) is 0 Å². The fourth-order valence-corrected chi connectivity index (χ4v) is 1.53. The van der Waals surface area contributed by atoms with Gasteiger partial charge in [-0.1, -0.05) is 36.5 Å². The van der Waals surface area contributed by atoms with Crippen molar-refractivity contribution in [1.29, 1.82) is 0 Å². The highest BCUT2D eigenvalue weighted by atomic mass is 32.1. The van der Waals surface area contributed by atoms with Crippen LogP contribution >= 0.6 is 12.2 Å². The van der Waals surface area contributed by atoms with Gasteiger partial charge in [-0.3, -0.25) is 0 Å². The molecule has 3 heteroatoms. The number of hydrogen-bond donors (Lipinski definition) is 2. The van der Waals surface area contributed by atoms with Gasteiger partial charge in [0, 0.05) is 0 Å². The summed E-state index contributed by atoms with van der Waals surface area (Å²) in [6, 6.07) is 11.4. The second-order valence-corrected chi connectivity index (χ2v) is 3.21. The molecule has 0 saturated carbocycles. The van der Waals surface area contributed by atoms with Crippen LogP contribution in [-0.4, -0.2) is 10.6 Å². The first-order chi connectivity index (χ1) is 6.81. The van der Waals surface area contributed by atoms with Gasteiger partial charge < -0.3 is 10.4 Å². The van der Waals surface area contributed by atoms with Gasteiger partial charge in [-0.15, -0.1) is 0 Å². The number of fused-ring (bicyclic) bond motifs is 1. The van der Waals surface area contributed by atoms with Crippen LogP contribution in [0.25, 0.3) is 10.8 Å². The van der Waals surface area contributed by atoms with Crippen molar-refractivity contribution in [2.24, 2.45) is 0 Å². The van der Waals surface area contributed by atoms with Crippen molar-refractivity contribution in [2.45, 2.75) is 0 Å². The highest BCUT2D eigenvalue weighted by molar-refractivity contribution is 7.79. The zero-order valence-corrected chi connectivity index (χ0v) is 8.21. The monoisotopic (exact) mass is 203 g/mol. The first-order valence-corrected chi connectivity index (χ1v) is 4.70. The summed E-state index contributed by atoms with van der Waals surface area (Å²) in [5, 5.41) is 14.5. The minimum atomic E-state index is 0.213. The summed E-state index contributed by atoms with van der Waals surface area (Å²) in [4.78, 5) is 0. The molecule has 70 valence electrons. The van der Waals surface area contributed by atoms with Crippen molar-refractivity contribution in [1.82, 2.24) is 0 Å². The molecule has 0 radical (unpaired) electrons. The normalized spacial score (nSPS) is 10.0. The average Bonchev–Trinajstić information content (AvgIpc) is 2.19. The van der Waals surface area contributed by atoms with Crippen LogP contribution in [0.5, 0.6) is 5.75 Å². The summed E-state index contributed by atoms with van der Waals surface area (Å²) in [6.45, 7) is 0. The van der Waals surface area contributed by atoms with Crippen molar-refractivity contribution in [3.63, 3.8) is 0 Å². The van der Waals surface area contributed by atoms with Crippen molar-refractivity contribution in [3.05, 3.63) is 36.4 Å². The van der Waals surface area contributed by atoms with Gasteiger partial charge in [-0.05, 0) is 22.9 Å². The van der Waals surface area contributed by atoms with Gasteiger partial charge >= 0.3 is 0 Å². The minimum absolute atomic E-state index is 0.213. The molecular weight excluding hydrogens is 194 g/mol. The molecule has 0 heterocycles. The van der Waals surface area contributed by atoms with E-state index in [9.17, 15) is 5.11 Å². The SMILES string of the molecule is Oc1cc2ccccc2cc1NC=S. The third-order valence-corrected chi connectivity index (χ3v) is 2.20. The van der Waals surface area contributed by atoms with Gasteiger partial charge in [0.1, 0.15) is 5.75 Å². The standard InChI is InChI=1S/C11H9NOS/c13-11-6-9-4-2-1-3-8(9)5-10(11)12-7-14/h1-7,13H,(H,12,14). The summed E-state index contributed by atoms with van der Waals surface area (Å²) >= 11 is 4.67. The van der Waals surface area contributed by atoms with Gasteiger partial charge in [0.25, 0.3) is 0 Å². The number of benzene rings is 2. The summed E-state index contributed by atoms with van der Waals surface area (Å²) < 4.78 is 0. The van der Waals surface area contributed by atoms with Crippen molar-refractivity contribution in [3.8, 4) is 5.75 Å². The number of nitrogens with one attached hydrogen (secondary N) is 1. The average molecular weight is 203 g/mol. The lowest BCUT2D eigenvalue weighted by atomic mass is 10.1. The Balaban J connectivity index is 2.64. The van der Waals surface area contributed by atoms with E-state index in [1.807, 2.05) is 30.3 Å². The van der Waals surface area contributed by atoms with Gasteiger partial charge in [-0.2, -0.15) is 0 Å². The second kappa shape index (κ2) is 3.64. The molecule has 0 unspecified atom stereocenters. The third kappa shape index (κ3) is 1.54. The number of aromatic hydroxyl groups is 1. The van der Waals surface area contributed by atoms with Crippen LogP contribution in [-0.2, 0) is 0 Å². The van der Waals surface area contributed by atoms with Crippen molar-refractivity contribution >= 4 is 34.2 Å². The smallest absolute Gasteiger partial charge is 0.139 e. The molecule has 0 aliphatic rings. The zero-order chi connectivity index (χ0) is 9.97. The predicted molar refractivity (Wildman–Crippen MR) is 62.9 cm³/mol. The number of phenolic OH excluding ortho intramolecular Hbond substituents is 1. The lowest BCUT2D eigenvalue weighted by Gasteiger charge is -2.05. The van der Waals surface area contributed by atoms with Gasteiger partial charge in [0.2, 0.25) is 0 Å². The van der Waals surface area contributed by atoms with Crippen molar-refractivity contribution in [2.75, 3.05) is 5.32 Å². The van der Waals surface area contributed by atoms with Crippen LogP contribution in [0.4, 0.5) is 5.69 Å². The number of phenols is 1. The highest BCUT2D eigenvalue weighted by Gasteiger charge is 2.01. The third-order valence-electron chi connectivity index (χ3n) is 2.08. The van der Waals surface area contributed by atoms with Crippen molar-refractivity contribution < 1.29 is 5.11 Å². The zero-order valence-electron chi connectivity index (χ0n) is 7.40. The highest BCUT2D eigenvalue weighted by Crippen LogP contribution is 2.28. The molecule has 0 aliphatic carbocycles.